The summed E-state index contributed by atoms with van der Waals surface area (Å²) in [6.07, 6.45) is 14.5. The Kier molecular flexibility index (Phi) is 13.1. The summed E-state index contributed by atoms with van der Waals surface area (Å²) in [6.45, 7) is 5.83. The normalized spacial score (nSPS) is 11.6. The van der Waals surface area contributed by atoms with E-state index in [9.17, 15) is 14.7 Å². The second-order valence-electron chi connectivity index (χ2n) is 6.98. The van der Waals surface area contributed by atoms with Crippen molar-refractivity contribution in [2.45, 2.75) is 111 Å². The van der Waals surface area contributed by atoms with E-state index in [0.29, 0.717) is 12.8 Å². The first-order chi connectivity index (χ1) is 11.0. The summed E-state index contributed by atoms with van der Waals surface area (Å²) in [5, 5.41) is 9.65. The molecular weight excluding hydrogens is 288 g/mol. The number of carboxylic acids is 1. The van der Waals surface area contributed by atoms with E-state index in [2.05, 4.69) is 13.8 Å². The Hall–Kier alpha value is -0.860. The van der Waals surface area contributed by atoms with Gasteiger partial charge in [-0.25, -0.2) is 0 Å². The van der Waals surface area contributed by atoms with Crippen LogP contribution in [0.1, 0.15) is 111 Å². The van der Waals surface area contributed by atoms with E-state index >= 15 is 0 Å². The molecule has 23 heavy (non-hydrogen) atoms. The van der Waals surface area contributed by atoms with Crippen molar-refractivity contribution in [3.8, 4) is 0 Å². The van der Waals surface area contributed by atoms with Crippen molar-refractivity contribution >= 4 is 11.8 Å². The third-order valence-corrected chi connectivity index (χ3v) is 5.00. The Labute approximate surface area is 143 Å². The van der Waals surface area contributed by atoms with Crippen molar-refractivity contribution in [3.05, 3.63) is 0 Å². The first-order valence-corrected chi connectivity index (χ1v) is 9.75. The molecule has 136 valence electrons. The van der Waals surface area contributed by atoms with Gasteiger partial charge in [0, 0.05) is 0 Å². The molecule has 0 heterocycles. The Balaban J connectivity index is 4.30. The quantitative estimate of drug-likeness (QED) is 0.273. The molecule has 0 aromatic rings. The van der Waals surface area contributed by atoms with Crippen LogP contribution in [0.4, 0.5) is 0 Å². The van der Waals surface area contributed by atoms with Crippen LogP contribution in [0.5, 0.6) is 0 Å². The maximum atomic E-state index is 12.1. The summed E-state index contributed by atoms with van der Waals surface area (Å²) in [7, 11) is 0. The fourth-order valence-corrected chi connectivity index (χ4v) is 3.26. The molecule has 3 heteroatoms. The minimum Gasteiger partial charge on any atom is -0.480 e. The lowest BCUT2D eigenvalue weighted by Crippen LogP contribution is -2.38. The SMILES string of the molecule is CCCCCCCCC(CCCCCCCC)(C(C)=O)C(=O)O. The smallest absolute Gasteiger partial charge is 0.317 e. The van der Waals surface area contributed by atoms with Gasteiger partial charge in [-0.2, -0.15) is 0 Å². The van der Waals surface area contributed by atoms with E-state index in [0.717, 1.165) is 38.5 Å². The van der Waals surface area contributed by atoms with Gasteiger partial charge < -0.3 is 5.11 Å². The van der Waals surface area contributed by atoms with Crippen LogP contribution < -0.4 is 0 Å². The number of carbonyl (C=O) groups excluding carboxylic acids is 1. The topological polar surface area (TPSA) is 54.4 Å². The number of rotatable bonds is 16. The first-order valence-electron chi connectivity index (χ1n) is 9.75. The van der Waals surface area contributed by atoms with Gasteiger partial charge in [-0.15, -0.1) is 0 Å². The highest BCUT2D eigenvalue weighted by atomic mass is 16.4. The average Bonchev–Trinajstić information content (AvgIpc) is 2.51. The van der Waals surface area contributed by atoms with Crippen LogP contribution >= 0.6 is 0 Å². The fourth-order valence-electron chi connectivity index (χ4n) is 3.26. The standard InChI is InChI=1S/C20H38O3/c1-4-6-8-10-12-14-16-20(18(3)21,19(22)23)17-15-13-11-9-7-5-2/h4-17H2,1-3H3,(H,22,23). The van der Waals surface area contributed by atoms with Crippen LogP contribution in [0.15, 0.2) is 0 Å². The van der Waals surface area contributed by atoms with E-state index in [1.165, 1.54) is 45.4 Å². The summed E-state index contributed by atoms with van der Waals surface area (Å²) in [5.74, 6) is -1.07. The molecule has 0 radical (unpaired) electrons. The molecule has 0 bridgehead atoms. The van der Waals surface area contributed by atoms with Gasteiger partial charge in [0.15, 0.2) is 0 Å². The van der Waals surface area contributed by atoms with Crippen molar-refractivity contribution in [3.63, 3.8) is 0 Å². The van der Waals surface area contributed by atoms with Crippen molar-refractivity contribution in [2.75, 3.05) is 0 Å². The zero-order valence-electron chi connectivity index (χ0n) is 15.7. The summed E-state index contributed by atoms with van der Waals surface area (Å²) in [5.41, 5.74) is -1.13. The summed E-state index contributed by atoms with van der Waals surface area (Å²) in [6, 6.07) is 0. The van der Waals surface area contributed by atoms with Crippen molar-refractivity contribution in [1.82, 2.24) is 0 Å². The second-order valence-corrected chi connectivity index (χ2v) is 6.98. The molecule has 0 spiro atoms. The molecular formula is C20H38O3. The van der Waals surface area contributed by atoms with Gasteiger partial charge in [-0.3, -0.25) is 9.59 Å². The molecule has 0 saturated heterocycles. The zero-order valence-corrected chi connectivity index (χ0v) is 15.7. The lowest BCUT2D eigenvalue weighted by atomic mass is 9.75. The lowest BCUT2D eigenvalue weighted by molar-refractivity contribution is -0.155. The molecule has 0 aliphatic rings. The van der Waals surface area contributed by atoms with Crippen molar-refractivity contribution < 1.29 is 14.7 Å². The number of hydrogen-bond acceptors (Lipinski definition) is 2. The van der Waals surface area contributed by atoms with E-state index in [-0.39, 0.29) is 5.78 Å². The van der Waals surface area contributed by atoms with Crippen LogP contribution in [0, 0.1) is 5.41 Å². The zero-order chi connectivity index (χ0) is 17.6. The summed E-state index contributed by atoms with van der Waals surface area (Å²) >= 11 is 0. The Bertz CT molecular complexity index is 291. The number of ketones is 1. The third kappa shape index (κ3) is 9.12. The molecule has 0 unspecified atom stereocenters. The monoisotopic (exact) mass is 326 g/mol. The summed E-state index contributed by atoms with van der Waals surface area (Å²) in [4.78, 5) is 23.8. The second kappa shape index (κ2) is 13.6. The molecule has 3 nitrogen and oxygen atoms in total. The predicted molar refractivity (Wildman–Crippen MR) is 96.7 cm³/mol. The van der Waals surface area contributed by atoms with Crippen LogP contribution in [-0.2, 0) is 9.59 Å². The Morgan fingerprint density at radius 1 is 0.696 bits per heavy atom. The molecule has 0 atom stereocenters. The third-order valence-electron chi connectivity index (χ3n) is 5.00. The van der Waals surface area contributed by atoms with Crippen LogP contribution in [0.2, 0.25) is 0 Å². The first kappa shape index (κ1) is 22.1. The lowest BCUT2D eigenvalue weighted by Gasteiger charge is -2.27. The fraction of sp³-hybridized carbons (Fsp3) is 0.900. The predicted octanol–water partition coefficient (Wildman–Crippen LogP) is 6.15. The van der Waals surface area contributed by atoms with Gasteiger partial charge >= 0.3 is 5.97 Å². The Morgan fingerprint density at radius 3 is 1.35 bits per heavy atom. The molecule has 0 aromatic heterocycles. The van der Waals surface area contributed by atoms with Crippen molar-refractivity contribution in [1.29, 1.82) is 0 Å². The van der Waals surface area contributed by atoms with Gasteiger partial charge in [0.05, 0.1) is 0 Å². The van der Waals surface area contributed by atoms with Crippen LogP contribution in [-0.4, -0.2) is 16.9 Å². The highest BCUT2D eigenvalue weighted by Gasteiger charge is 2.42. The number of Topliss-reactive ketones (excluding diaryl/α,β-unsaturated/α-hetero) is 1. The molecule has 0 aliphatic heterocycles. The largest absolute Gasteiger partial charge is 0.480 e. The van der Waals surface area contributed by atoms with Gasteiger partial charge in [0.1, 0.15) is 11.2 Å². The van der Waals surface area contributed by atoms with Crippen LogP contribution in [0.3, 0.4) is 0 Å². The maximum absolute atomic E-state index is 12.1. The minimum atomic E-state index is -1.13. The van der Waals surface area contributed by atoms with Gasteiger partial charge in [-0.1, -0.05) is 90.9 Å². The number of hydrogen-bond donors (Lipinski definition) is 1. The number of unbranched alkanes of at least 4 members (excludes halogenated alkanes) is 10. The van der Waals surface area contributed by atoms with E-state index in [1.54, 1.807) is 0 Å². The molecule has 1 N–H and O–H groups in total. The molecule has 0 rings (SSSR count). The molecule has 0 aromatic carbocycles. The minimum absolute atomic E-state index is 0.160. The number of carbonyl (C=O) groups is 2. The number of carboxylic acid groups (broad SMARTS) is 1. The molecule has 0 fully saturated rings. The van der Waals surface area contributed by atoms with Crippen LogP contribution in [0.25, 0.3) is 0 Å². The van der Waals surface area contributed by atoms with E-state index < -0.39 is 11.4 Å². The van der Waals surface area contributed by atoms with E-state index in [4.69, 9.17) is 0 Å². The highest BCUT2D eigenvalue weighted by Crippen LogP contribution is 2.33. The number of aliphatic carboxylic acids is 1. The average molecular weight is 327 g/mol. The van der Waals surface area contributed by atoms with Crippen molar-refractivity contribution in [2.24, 2.45) is 5.41 Å². The Morgan fingerprint density at radius 2 is 1.04 bits per heavy atom. The van der Waals surface area contributed by atoms with E-state index in [1.807, 2.05) is 0 Å². The summed E-state index contributed by atoms with van der Waals surface area (Å²) < 4.78 is 0. The molecule has 0 amide bonds. The maximum Gasteiger partial charge on any atom is 0.317 e. The molecule has 0 aliphatic carbocycles. The molecule has 0 saturated carbocycles. The van der Waals surface area contributed by atoms with Gasteiger partial charge in [0.2, 0.25) is 0 Å². The van der Waals surface area contributed by atoms with Gasteiger partial charge in [-0.05, 0) is 19.8 Å². The highest BCUT2D eigenvalue weighted by molar-refractivity contribution is 6.01. The van der Waals surface area contributed by atoms with Gasteiger partial charge in [0.25, 0.3) is 0 Å².